The fourth-order valence-corrected chi connectivity index (χ4v) is 4.21. The van der Waals surface area contributed by atoms with Gasteiger partial charge in [0.25, 0.3) is 5.91 Å². The summed E-state index contributed by atoms with van der Waals surface area (Å²) in [5.41, 5.74) is 5.62. The van der Waals surface area contributed by atoms with E-state index in [0.29, 0.717) is 25.3 Å². The predicted molar refractivity (Wildman–Crippen MR) is 116 cm³/mol. The Hall–Kier alpha value is -3.12. The van der Waals surface area contributed by atoms with Gasteiger partial charge in [0.05, 0.1) is 32.1 Å². The molecule has 1 fully saturated rings. The minimum Gasteiger partial charge on any atom is -0.496 e. The van der Waals surface area contributed by atoms with Crippen LogP contribution in [0.15, 0.2) is 48.5 Å². The van der Waals surface area contributed by atoms with Gasteiger partial charge in [-0.05, 0) is 37.6 Å². The average molecular weight is 405 g/mol. The van der Waals surface area contributed by atoms with Crippen molar-refractivity contribution in [3.05, 3.63) is 71.0 Å². The van der Waals surface area contributed by atoms with Gasteiger partial charge in [0.1, 0.15) is 5.75 Å². The molecule has 156 valence electrons. The molecule has 3 aromatic rings. The van der Waals surface area contributed by atoms with E-state index in [1.807, 2.05) is 79.0 Å². The number of aromatic nitrogens is 2. The van der Waals surface area contributed by atoms with E-state index in [2.05, 4.69) is 5.10 Å². The molecule has 0 bridgehead atoms. The van der Waals surface area contributed by atoms with Crippen LogP contribution in [0.4, 0.5) is 0 Å². The van der Waals surface area contributed by atoms with Gasteiger partial charge in [-0.3, -0.25) is 9.48 Å². The molecule has 30 heavy (non-hydrogen) atoms. The molecular formula is C24H27N3O3. The second-order valence-electron chi connectivity index (χ2n) is 7.58. The summed E-state index contributed by atoms with van der Waals surface area (Å²) in [6.07, 6.45) is 0. The zero-order valence-corrected chi connectivity index (χ0v) is 17.9. The summed E-state index contributed by atoms with van der Waals surface area (Å²) >= 11 is 0. The van der Waals surface area contributed by atoms with E-state index in [1.165, 1.54) is 0 Å². The molecule has 1 amide bonds. The fourth-order valence-electron chi connectivity index (χ4n) is 4.21. The number of ether oxygens (including phenoxy) is 2. The molecule has 4 rings (SSSR count). The fraction of sp³-hybridized carbons (Fsp3) is 0.333. The normalized spacial score (nSPS) is 16.5. The highest BCUT2D eigenvalue weighted by atomic mass is 16.5. The molecule has 1 atom stereocenters. The highest BCUT2D eigenvalue weighted by molar-refractivity contribution is 5.96. The molecule has 6 nitrogen and oxygen atoms in total. The van der Waals surface area contributed by atoms with Crippen LogP contribution in [-0.2, 0) is 11.8 Å². The van der Waals surface area contributed by atoms with E-state index >= 15 is 0 Å². The van der Waals surface area contributed by atoms with Gasteiger partial charge in [-0.2, -0.15) is 5.10 Å². The first kappa shape index (κ1) is 20.2. The van der Waals surface area contributed by atoms with Crippen LogP contribution < -0.4 is 4.74 Å². The quantitative estimate of drug-likeness (QED) is 0.660. The molecule has 1 aromatic heterocycles. The molecule has 1 aliphatic heterocycles. The summed E-state index contributed by atoms with van der Waals surface area (Å²) in [7, 11) is 3.58. The Morgan fingerprint density at radius 1 is 1.17 bits per heavy atom. The maximum absolute atomic E-state index is 13.6. The number of hydrogen-bond donors (Lipinski definition) is 0. The maximum atomic E-state index is 13.6. The largest absolute Gasteiger partial charge is 0.496 e. The predicted octanol–water partition coefficient (Wildman–Crippen LogP) is 3.93. The molecular weight excluding hydrogens is 378 g/mol. The number of morpholine rings is 1. The van der Waals surface area contributed by atoms with Gasteiger partial charge < -0.3 is 14.4 Å². The van der Waals surface area contributed by atoms with Crippen molar-refractivity contribution in [2.75, 3.05) is 26.9 Å². The van der Waals surface area contributed by atoms with Crippen molar-refractivity contribution < 1.29 is 14.3 Å². The molecule has 0 aliphatic carbocycles. The van der Waals surface area contributed by atoms with E-state index in [4.69, 9.17) is 9.47 Å². The molecule has 2 aromatic carbocycles. The second-order valence-corrected chi connectivity index (χ2v) is 7.58. The van der Waals surface area contributed by atoms with Crippen LogP contribution in [0.5, 0.6) is 5.75 Å². The molecule has 0 unspecified atom stereocenters. The van der Waals surface area contributed by atoms with E-state index in [9.17, 15) is 4.79 Å². The number of nitrogens with zero attached hydrogens (tertiary/aromatic N) is 3. The lowest BCUT2D eigenvalue weighted by Crippen LogP contribution is -2.43. The minimum absolute atomic E-state index is 0.00853. The Bertz CT molecular complexity index is 1060. The number of carbonyl (C=O) groups is 1. The van der Waals surface area contributed by atoms with Crippen molar-refractivity contribution in [1.82, 2.24) is 14.7 Å². The summed E-state index contributed by atoms with van der Waals surface area (Å²) in [5.74, 6) is 0.737. The van der Waals surface area contributed by atoms with Crippen molar-refractivity contribution in [3.63, 3.8) is 0 Å². The first-order valence-corrected chi connectivity index (χ1v) is 10.1. The van der Waals surface area contributed by atoms with Crippen molar-refractivity contribution >= 4 is 5.91 Å². The third kappa shape index (κ3) is 3.59. The number of hydrogen-bond acceptors (Lipinski definition) is 4. The van der Waals surface area contributed by atoms with Crippen LogP contribution in [-0.4, -0.2) is 47.5 Å². The molecule has 1 saturated heterocycles. The summed E-state index contributed by atoms with van der Waals surface area (Å²) in [6.45, 7) is 5.57. The summed E-state index contributed by atoms with van der Waals surface area (Å²) in [6, 6.07) is 15.5. The second kappa shape index (κ2) is 8.32. The molecule has 0 radical (unpaired) electrons. The highest BCUT2D eigenvalue weighted by Crippen LogP contribution is 2.34. The van der Waals surface area contributed by atoms with E-state index in [1.54, 1.807) is 7.11 Å². The zero-order chi connectivity index (χ0) is 21.3. The monoisotopic (exact) mass is 405 g/mol. The number of carbonyl (C=O) groups excluding carboxylic acids is 1. The van der Waals surface area contributed by atoms with Crippen LogP contribution in [0.25, 0.3) is 11.1 Å². The first-order valence-electron chi connectivity index (χ1n) is 10.1. The standard InChI is InChI=1S/C24H27N3O3/c1-16-23(17(2)26(3)25-16)21-15-30-13-12-27(21)24(28)19-10-11-22(29-4)20(14-19)18-8-6-5-7-9-18/h5-11,14,21H,12-13,15H2,1-4H3/t21-/m1/s1. The minimum atomic E-state index is -0.151. The van der Waals surface area contributed by atoms with Gasteiger partial charge in [-0.15, -0.1) is 0 Å². The zero-order valence-electron chi connectivity index (χ0n) is 17.9. The number of rotatable bonds is 4. The van der Waals surface area contributed by atoms with Crippen LogP contribution >= 0.6 is 0 Å². The molecule has 6 heteroatoms. The number of benzene rings is 2. The lowest BCUT2D eigenvalue weighted by Gasteiger charge is -2.36. The smallest absolute Gasteiger partial charge is 0.254 e. The summed E-state index contributed by atoms with van der Waals surface area (Å²) < 4.78 is 13.2. The molecule has 2 heterocycles. The Kier molecular flexibility index (Phi) is 5.59. The van der Waals surface area contributed by atoms with Gasteiger partial charge in [-0.1, -0.05) is 30.3 Å². The molecule has 0 N–H and O–H groups in total. The lowest BCUT2D eigenvalue weighted by atomic mass is 9.99. The maximum Gasteiger partial charge on any atom is 0.254 e. The number of methoxy groups -OCH3 is 1. The Balaban J connectivity index is 1.72. The first-order chi connectivity index (χ1) is 14.5. The van der Waals surface area contributed by atoms with Crippen LogP contribution in [0.3, 0.4) is 0 Å². The number of amides is 1. The highest BCUT2D eigenvalue weighted by Gasteiger charge is 2.33. The average Bonchev–Trinajstić information content (AvgIpc) is 3.04. The summed E-state index contributed by atoms with van der Waals surface area (Å²) in [5, 5.41) is 4.54. The third-order valence-corrected chi connectivity index (χ3v) is 5.82. The van der Waals surface area contributed by atoms with Crippen LogP contribution in [0.1, 0.15) is 33.4 Å². The van der Waals surface area contributed by atoms with Gasteiger partial charge in [-0.25, -0.2) is 0 Å². The van der Waals surface area contributed by atoms with Gasteiger partial charge in [0.2, 0.25) is 0 Å². The molecule has 1 aliphatic rings. The van der Waals surface area contributed by atoms with Crippen molar-refractivity contribution in [2.24, 2.45) is 7.05 Å². The third-order valence-electron chi connectivity index (χ3n) is 5.82. The van der Waals surface area contributed by atoms with E-state index < -0.39 is 0 Å². The summed E-state index contributed by atoms with van der Waals surface area (Å²) in [4.78, 5) is 15.5. The molecule has 0 saturated carbocycles. The Labute approximate surface area is 177 Å². The van der Waals surface area contributed by atoms with Crippen LogP contribution in [0, 0.1) is 13.8 Å². The van der Waals surface area contributed by atoms with Gasteiger partial charge in [0.15, 0.2) is 0 Å². The van der Waals surface area contributed by atoms with Crippen molar-refractivity contribution in [2.45, 2.75) is 19.9 Å². The Morgan fingerprint density at radius 3 is 2.60 bits per heavy atom. The SMILES string of the molecule is COc1ccc(C(=O)N2CCOC[C@@H]2c2c(C)nn(C)c2C)cc1-c1ccccc1. The van der Waals surface area contributed by atoms with E-state index in [-0.39, 0.29) is 11.9 Å². The lowest BCUT2D eigenvalue weighted by molar-refractivity contribution is -0.00304. The van der Waals surface area contributed by atoms with E-state index in [0.717, 1.165) is 33.8 Å². The number of aryl methyl sites for hydroxylation is 2. The van der Waals surface area contributed by atoms with Gasteiger partial charge in [0, 0.05) is 36.0 Å². The van der Waals surface area contributed by atoms with Crippen molar-refractivity contribution in [3.8, 4) is 16.9 Å². The molecule has 0 spiro atoms. The van der Waals surface area contributed by atoms with Crippen molar-refractivity contribution in [1.29, 1.82) is 0 Å². The Morgan fingerprint density at radius 2 is 1.93 bits per heavy atom. The van der Waals surface area contributed by atoms with Crippen LogP contribution in [0.2, 0.25) is 0 Å². The topological polar surface area (TPSA) is 56.6 Å². The van der Waals surface area contributed by atoms with Gasteiger partial charge >= 0.3 is 0 Å².